The van der Waals surface area contributed by atoms with E-state index in [4.69, 9.17) is 9.47 Å². The van der Waals surface area contributed by atoms with E-state index in [0.717, 1.165) is 52.0 Å². The van der Waals surface area contributed by atoms with Gasteiger partial charge in [-0.15, -0.1) is 0 Å². The zero-order valence-electron chi connectivity index (χ0n) is 30.9. The highest BCUT2D eigenvalue weighted by molar-refractivity contribution is 5.86. The molecule has 2 saturated heterocycles. The highest BCUT2D eigenvalue weighted by Crippen LogP contribution is 2.37. The molecule has 55 heavy (non-hydrogen) atoms. The topological polar surface area (TPSA) is 186 Å². The number of alkyl carbamates (subject to hydrolysis) is 1. The molecule has 5 N–H and O–H groups in total. The number of nitrogens with one attached hydrogen (secondary N) is 3. The lowest BCUT2D eigenvalue weighted by molar-refractivity contribution is -0.147. The summed E-state index contributed by atoms with van der Waals surface area (Å²) in [6.07, 6.45) is 3.66. The molecule has 3 atom stereocenters. The van der Waals surface area contributed by atoms with Crippen LogP contribution in [0.2, 0.25) is 0 Å². The van der Waals surface area contributed by atoms with Crippen molar-refractivity contribution >= 4 is 18.1 Å². The number of aromatic nitrogens is 4. The smallest absolute Gasteiger partial charge is 0.410 e. The number of β-amino-alcohol motifs (C(OH)–C–C–N with tert-alkyl or cyclic N) is 2. The van der Waals surface area contributed by atoms with Crippen LogP contribution in [0.4, 0.5) is 9.59 Å². The second-order valence-corrected chi connectivity index (χ2v) is 14.4. The number of carbonyl (C=O) groups is 3. The van der Waals surface area contributed by atoms with Crippen LogP contribution in [0, 0.1) is 5.92 Å². The summed E-state index contributed by atoms with van der Waals surface area (Å²) >= 11 is 0. The fourth-order valence-corrected chi connectivity index (χ4v) is 7.29. The number of hydrogen-bond donors (Lipinski definition) is 5. The largest absolute Gasteiger partial charge is 0.453 e. The van der Waals surface area contributed by atoms with Gasteiger partial charge in [0.1, 0.15) is 24.3 Å². The third-order valence-corrected chi connectivity index (χ3v) is 10.2. The number of nitrogens with zero attached hydrogens (tertiary/aromatic N) is 4. The van der Waals surface area contributed by atoms with Gasteiger partial charge in [0.15, 0.2) is 5.79 Å². The molecule has 0 bridgehead atoms. The van der Waals surface area contributed by atoms with Crippen molar-refractivity contribution < 1.29 is 34.1 Å². The number of carbonyl (C=O) groups excluding carboxylic acids is 3. The van der Waals surface area contributed by atoms with E-state index in [-0.39, 0.29) is 37.4 Å². The van der Waals surface area contributed by atoms with Gasteiger partial charge in [-0.3, -0.25) is 9.69 Å². The van der Waals surface area contributed by atoms with Crippen molar-refractivity contribution in [2.24, 2.45) is 5.92 Å². The molecule has 3 amide bonds. The molecule has 3 aromatic carbocycles. The Morgan fingerprint density at radius 1 is 0.836 bits per heavy atom. The minimum absolute atomic E-state index is 0.0664. The standard InChI is InChI=1S/C41H45N7O7/c1-25(2)35(46-39(50)54-3)38(49)47-19-7-10-33(47)36-42-21-31(44-36)29-15-11-27(12-16-29)28-13-17-30(18-14-28)32-22-43-37(45-32)34-20-41(52,53)24-48(34)40(51)55-23-26-8-5-4-6-9-26/h4-6,8-9,11-18,21-22,25,33-35,52-53H,7,10,19-20,23-24H2,1-3H3,(H,42,44)(H,43,45)(H,46,50)/t33?,34-,35-/m0/s1. The average Bonchev–Trinajstić information content (AvgIpc) is 4.02. The van der Waals surface area contributed by atoms with Crippen LogP contribution in [-0.4, -0.2) is 90.1 Å². The van der Waals surface area contributed by atoms with Crippen LogP contribution in [-0.2, 0) is 20.9 Å². The minimum Gasteiger partial charge on any atom is -0.453 e. The van der Waals surface area contributed by atoms with Crippen LogP contribution in [0.1, 0.15) is 62.4 Å². The Morgan fingerprint density at radius 3 is 1.96 bits per heavy atom. The number of rotatable bonds is 10. The van der Waals surface area contributed by atoms with Gasteiger partial charge in [0.2, 0.25) is 5.91 Å². The molecule has 14 heteroatoms. The number of methoxy groups -OCH3 is 1. The van der Waals surface area contributed by atoms with E-state index in [0.29, 0.717) is 18.2 Å². The lowest BCUT2D eigenvalue weighted by atomic mass is 10.0. The van der Waals surface area contributed by atoms with Crippen LogP contribution in [0.15, 0.2) is 91.3 Å². The van der Waals surface area contributed by atoms with Crippen LogP contribution in [0.25, 0.3) is 33.6 Å². The van der Waals surface area contributed by atoms with Gasteiger partial charge in [0.05, 0.1) is 49.5 Å². The van der Waals surface area contributed by atoms with E-state index in [1.807, 2.05) is 92.7 Å². The van der Waals surface area contributed by atoms with Gasteiger partial charge >= 0.3 is 12.2 Å². The number of H-pyrrole nitrogens is 2. The van der Waals surface area contributed by atoms with Crippen LogP contribution in [0.3, 0.4) is 0 Å². The summed E-state index contributed by atoms with van der Waals surface area (Å²) in [7, 11) is 1.28. The summed E-state index contributed by atoms with van der Waals surface area (Å²) < 4.78 is 10.2. The predicted molar refractivity (Wildman–Crippen MR) is 203 cm³/mol. The van der Waals surface area contributed by atoms with Crippen molar-refractivity contribution in [3.63, 3.8) is 0 Å². The second kappa shape index (κ2) is 15.8. The maximum absolute atomic E-state index is 13.5. The van der Waals surface area contributed by atoms with E-state index in [1.54, 1.807) is 17.3 Å². The molecule has 286 valence electrons. The SMILES string of the molecule is COC(=O)N[C@H](C(=O)N1CCCC1c1ncc(-c2ccc(-c3ccc(-c4cnc([C@@H]5CC(O)(O)CN5C(=O)OCc5ccccc5)[nH]4)cc3)cc2)[nH]1)C(C)C. The number of likely N-dealkylation sites (tertiary alicyclic amines) is 2. The van der Waals surface area contributed by atoms with Crippen molar-refractivity contribution in [3.05, 3.63) is 108 Å². The molecule has 0 saturated carbocycles. The lowest BCUT2D eigenvalue weighted by Gasteiger charge is -2.30. The Hall–Kier alpha value is -5.99. The fraction of sp³-hybridized carbons (Fsp3) is 0.341. The summed E-state index contributed by atoms with van der Waals surface area (Å²) in [6.45, 7) is 4.13. The van der Waals surface area contributed by atoms with Gasteiger partial charge in [-0.05, 0) is 46.6 Å². The Morgan fingerprint density at radius 2 is 1.40 bits per heavy atom. The van der Waals surface area contributed by atoms with Crippen molar-refractivity contribution in [1.82, 2.24) is 35.1 Å². The molecule has 2 fully saturated rings. The van der Waals surface area contributed by atoms with Gasteiger partial charge in [-0.2, -0.15) is 0 Å². The summed E-state index contributed by atoms with van der Waals surface area (Å²) in [4.78, 5) is 57.4. The van der Waals surface area contributed by atoms with Crippen LogP contribution in [0.5, 0.6) is 0 Å². The maximum atomic E-state index is 13.5. The molecule has 2 aliphatic rings. The number of amides is 3. The van der Waals surface area contributed by atoms with Crippen molar-refractivity contribution in [2.75, 3.05) is 20.2 Å². The van der Waals surface area contributed by atoms with Gasteiger partial charge in [-0.25, -0.2) is 19.6 Å². The quantitative estimate of drug-likeness (QED) is 0.108. The van der Waals surface area contributed by atoms with Gasteiger partial charge in [0, 0.05) is 13.0 Å². The monoisotopic (exact) mass is 747 g/mol. The minimum atomic E-state index is -2.07. The summed E-state index contributed by atoms with van der Waals surface area (Å²) in [5, 5.41) is 23.6. The third kappa shape index (κ3) is 8.25. The third-order valence-electron chi connectivity index (χ3n) is 10.2. The number of imidazole rings is 2. The average molecular weight is 748 g/mol. The molecule has 0 aliphatic carbocycles. The molecule has 0 spiro atoms. The highest BCUT2D eigenvalue weighted by Gasteiger charge is 2.46. The molecule has 4 heterocycles. The zero-order chi connectivity index (χ0) is 38.7. The van der Waals surface area contributed by atoms with Crippen molar-refractivity contribution in [2.45, 2.75) is 63.6 Å². The van der Waals surface area contributed by atoms with Crippen LogP contribution < -0.4 is 5.32 Å². The first-order chi connectivity index (χ1) is 26.5. The van der Waals surface area contributed by atoms with Gasteiger partial charge in [-0.1, -0.05) is 92.7 Å². The van der Waals surface area contributed by atoms with Crippen molar-refractivity contribution in [3.8, 4) is 33.6 Å². The van der Waals surface area contributed by atoms with E-state index in [2.05, 4.69) is 25.3 Å². The van der Waals surface area contributed by atoms with Gasteiger partial charge in [0.25, 0.3) is 0 Å². The second-order valence-electron chi connectivity index (χ2n) is 14.4. The van der Waals surface area contributed by atoms with Crippen molar-refractivity contribution in [1.29, 1.82) is 0 Å². The maximum Gasteiger partial charge on any atom is 0.410 e. The Kier molecular flexibility index (Phi) is 10.7. The summed E-state index contributed by atoms with van der Waals surface area (Å²) in [6, 6.07) is 23.8. The molecule has 14 nitrogen and oxygen atoms in total. The zero-order valence-corrected chi connectivity index (χ0v) is 30.9. The normalized spacial score (nSPS) is 18.4. The molecule has 2 aliphatic heterocycles. The molecule has 0 radical (unpaired) electrons. The Balaban J connectivity index is 0.998. The summed E-state index contributed by atoms with van der Waals surface area (Å²) in [5.74, 6) is -1.20. The highest BCUT2D eigenvalue weighted by atomic mass is 16.6. The Labute approximate surface area is 318 Å². The first-order valence-electron chi connectivity index (χ1n) is 18.4. The summed E-state index contributed by atoms with van der Waals surface area (Å²) in [5.41, 5.74) is 6.24. The number of aliphatic hydroxyl groups is 2. The van der Waals surface area contributed by atoms with Gasteiger partial charge < -0.3 is 39.9 Å². The first-order valence-corrected chi connectivity index (χ1v) is 18.4. The molecule has 7 rings (SSSR count). The predicted octanol–water partition coefficient (Wildman–Crippen LogP) is 5.94. The van der Waals surface area contributed by atoms with E-state index in [9.17, 15) is 24.6 Å². The number of ether oxygens (including phenoxy) is 2. The molecular formula is C41H45N7O7. The fourth-order valence-electron chi connectivity index (χ4n) is 7.29. The molecule has 1 unspecified atom stereocenters. The van der Waals surface area contributed by atoms with E-state index in [1.165, 1.54) is 12.0 Å². The van der Waals surface area contributed by atoms with E-state index >= 15 is 0 Å². The molecule has 5 aromatic rings. The molecule has 2 aromatic heterocycles. The first kappa shape index (κ1) is 37.3. The van der Waals surface area contributed by atoms with E-state index < -0.39 is 30.1 Å². The lowest BCUT2D eigenvalue weighted by Crippen LogP contribution is -2.51. The van der Waals surface area contributed by atoms with Crippen LogP contribution >= 0.6 is 0 Å². The number of benzene rings is 3. The Bertz CT molecular complexity index is 2110. The molecular weight excluding hydrogens is 702 g/mol. The number of aromatic amines is 2. The number of hydrogen-bond acceptors (Lipinski definition) is 9.